The molecule has 1 heterocycles. The zero-order valence-corrected chi connectivity index (χ0v) is 10.7. The van der Waals surface area contributed by atoms with Crippen LogP contribution in [-0.4, -0.2) is 57.5 Å². The lowest BCUT2D eigenvalue weighted by atomic mass is 9.90. The lowest BCUT2D eigenvalue weighted by Gasteiger charge is -2.37. The van der Waals surface area contributed by atoms with Crippen LogP contribution in [0.2, 0.25) is 0 Å². The van der Waals surface area contributed by atoms with E-state index in [1.165, 1.54) is 0 Å². The Bertz CT molecular complexity index is 172. The van der Waals surface area contributed by atoms with Crippen LogP contribution < -0.4 is 5.73 Å². The highest BCUT2D eigenvalue weighted by Gasteiger charge is 2.26. The summed E-state index contributed by atoms with van der Waals surface area (Å²) < 4.78 is 10.6. The number of rotatable bonds is 7. The van der Waals surface area contributed by atoms with Crippen molar-refractivity contribution in [3.8, 4) is 0 Å². The van der Waals surface area contributed by atoms with Crippen molar-refractivity contribution in [2.45, 2.75) is 25.8 Å². The minimum absolute atomic E-state index is 0.490. The fourth-order valence-electron chi connectivity index (χ4n) is 2.51. The van der Waals surface area contributed by atoms with Gasteiger partial charge in [0.15, 0.2) is 0 Å². The summed E-state index contributed by atoms with van der Waals surface area (Å²) in [4.78, 5) is 2.44. The van der Waals surface area contributed by atoms with Gasteiger partial charge in [-0.15, -0.1) is 0 Å². The summed E-state index contributed by atoms with van der Waals surface area (Å²) in [7, 11) is 1.75. The van der Waals surface area contributed by atoms with E-state index in [4.69, 9.17) is 15.2 Å². The first-order chi connectivity index (χ1) is 7.83. The molecule has 1 aliphatic rings. The molecule has 1 unspecified atom stereocenters. The molecule has 0 aliphatic carbocycles. The highest BCUT2D eigenvalue weighted by Crippen LogP contribution is 2.22. The monoisotopic (exact) mass is 230 g/mol. The molecule has 16 heavy (non-hydrogen) atoms. The summed E-state index contributed by atoms with van der Waals surface area (Å²) in [6.07, 6.45) is 2.29. The molecule has 4 nitrogen and oxygen atoms in total. The third-order valence-corrected chi connectivity index (χ3v) is 3.51. The summed E-state index contributed by atoms with van der Waals surface area (Å²) in [5.74, 6) is 0.690. The van der Waals surface area contributed by atoms with Gasteiger partial charge in [0.25, 0.3) is 0 Å². The predicted molar refractivity (Wildman–Crippen MR) is 65.5 cm³/mol. The molecule has 1 atom stereocenters. The van der Waals surface area contributed by atoms with Crippen molar-refractivity contribution in [2.24, 2.45) is 11.7 Å². The maximum atomic E-state index is 5.93. The quantitative estimate of drug-likeness (QED) is 0.700. The van der Waals surface area contributed by atoms with E-state index >= 15 is 0 Å². The second kappa shape index (κ2) is 8.01. The predicted octanol–water partition coefficient (Wildman–Crippen LogP) is 0.709. The Morgan fingerprint density at radius 1 is 1.44 bits per heavy atom. The molecule has 0 saturated carbocycles. The molecule has 0 bridgehead atoms. The van der Waals surface area contributed by atoms with Gasteiger partial charge in [-0.3, -0.25) is 4.90 Å². The Balaban J connectivity index is 2.47. The van der Waals surface area contributed by atoms with Crippen LogP contribution in [-0.2, 0) is 9.47 Å². The molecule has 0 aromatic carbocycles. The van der Waals surface area contributed by atoms with E-state index in [9.17, 15) is 0 Å². The van der Waals surface area contributed by atoms with Crippen LogP contribution in [0.4, 0.5) is 0 Å². The Morgan fingerprint density at radius 3 is 2.62 bits per heavy atom. The van der Waals surface area contributed by atoms with Crippen LogP contribution in [0.5, 0.6) is 0 Å². The van der Waals surface area contributed by atoms with Gasteiger partial charge in [0.1, 0.15) is 0 Å². The zero-order chi connectivity index (χ0) is 11.8. The second-order valence-corrected chi connectivity index (χ2v) is 4.37. The van der Waals surface area contributed by atoms with Gasteiger partial charge >= 0.3 is 0 Å². The largest absolute Gasteiger partial charge is 0.383 e. The summed E-state index contributed by atoms with van der Waals surface area (Å²) >= 11 is 0. The first-order valence-corrected chi connectivity index (χ1v) is 6.34. The molecule has 0 aromatic rings. The average Bonchev–Trinajstić information content (AvgIpc) is 2.35. The number of hydrogen-bond donors (Lipinski definition) is 1. The Kier molecular flexibility index (Phi) is 6.96. The van der Waals surface area contributed by atoms with E-state index in [1.54, 1.807) is 7.11 Å². The summed E-state index contributed by atoms with van der Waals surface area (Å²) in [5, 5.41) is 0. The minimum atomic E-state index is 0.490. The van der Waals surface area contributed by atoms with Crippen molar-refractivity contribution in [1.82, 2.24) is 4.90 Å². The van der Waals surface area contributed by atoms with Crippen LogP contribution in [0.15, 0.2) is 0 Å². The van der Waals surface area contributed by atoms with Crippen molar-refractivity contribution in [1.29, 1.82) is 0 Å². The smallest absolute Gasteiger partial charge is 0.0589 e. The van der Waals surface area contributed by atoms with E-state index in [2.05, 4.69) is 11.8 Å². The lowest BCUT2D eigenvalue weighted by Crippen LogP contribution is -2.48. The fraction of sp³-hybridized carbons (Fsp3) is 1.00. The average molecular weight is 230 g/mol. The van der Waals surface area contributed by atoms with Crippen molar-refractivity contribution in [2.75, 3.05) is 46.6 Å². The van der Waals surface area contributed by atoms with Crippen LogP contribution in [0.1, 0.15) is 19.8 Å². The molecule has 0 aromatic heterocycles. The molecule has 1 aliphatic heterocycles. The first-order valence-electron chi connectivity index (χ1n) is 6.34. The van der Waals surface area contributed by atoms with Gasteiger partial charge in [-0.1, -0.05) is 6.92 Å². The van der Waals surface area contributed by atoms with Gasteiger partial charge < -0.3 is 15.2 Å². The molecule has 1 fully saturated rings. The maximum Gasteiger partial charge on any atom is 0.0589 e. The van der Waals surface area contributed by atoms with E-state index in [0.29, 0.717) is 12.0 Å². The molecule has 0 amide bonds. The van der Waals surface area contributed by atoms with Crippen LogP contribution in [0.3, 0.4) is 0 Å². The SMILES string of the molecule is CCN(CCOC)C(CN)C1CCOCC1. The number of ether oxygens (including phenoxy) is 2. The van der Waals surface area contributed by atoms with E-state index in [1.807, 2.05) is 0 Å². The summed E-state index contributed by atoms with van der Waals surface area (Å²) in [5.41, 5.74) is 5.93. The minimum Gasteiger partial charge on any atom is -0.383 e. The number of nitrogens with two attached hydrogens (primary N) is 1. The number of nitrogens with zero attached hydrogens (tertiary/aromatic N) is 1. The van der Waals surface area contributed by atoms with Gasteiger partial charge in [0.2, 0.25) is 0 Å². The highest BCUT2D eigenvalue weighted by atomic mass is 16.5. The molecule has 1 saturated heterocycles. The van der Waals surface area contributed by atoms with E-state index in [-0.39, 0.29) is 0 Å². The molecule has 2 N–H and O–H groups in total. The summed E-state index contributed by atoms with van der Waals surface area (Å²) in [6.45, 7) is 7.52. The van der Waals surface area contributed by atoms with Crippen molar-refractivity contribution in [3.63, 3.8) is 0 Å². The van der Waals surface area contributed by atoms with E-state index < -0.39 is 0 Å². The van der Waals surface area contributed by atoms with Gasteiger partial charge in [-0.25, -0.2) is 0 Å². The Morgan fingerprint density at radius 2 is 2.12 bits per heavy atom. The summed E-state index contributed by atoms with van der Waals surface area (Å²) in [6, 6.07) is 0.490. The van der Waals surface area contributed by atoms with Gasteiger partial charge in [0, 0.05) is 39.5 Å². The van der Waals surface area contributed by atoms with Crippen LogP contribution in [0.25, 0.3) is 0 Å². The van der Waals surface area contributed by atoms with E-state index in [0.717, 1.165) is 52.3 Å². The van der Waals surface area contributed by atoms with Crippen molar-refractivity contribution in [3.05, 3.63) is 0 Å². The first kappa shape index (κ1) is 13.9. The number of likely N-dealkylation sites (N-methyl/N-ethyl adjacent to an activating group) is 1. The van der Waals surface area contributed by atoms with Crippen LogP contribution in [0, 0.1) is 5.92 Å². The molecular weight excluding hydrogens is 204 g/mol. The van der Waals surface area contributed by atoms with Crippen molar-refractivity contribution >= 4 is 0 Å². The lowest BCUT2D eigenvalue weighted by molar-refractivity contribution is 0.0224. The molecule has 0 radical (unpaired) electrons. The molecule has 0 spiro atoms. The zero-order valence-electron chi connectivity index (χ0n) is 10.7. The maximum absolute atomic E-state index is 5.93. The van der Waals surface area contributed by atoms with Crippen molar-refractivity contribution < 1.29 is 9.47 Å². The molecule has 96 valence electrons. The molecular formula is C12H26N2O2. The topological polar surface area (TPSA) is 47.7 Å². The molecule has 1 rings (SSSR count). The van der Waals surface area contributed by atoms with Gasteiger partial charge in [0.05, 0.1) is 6.61 Å². The van der Waals surface area contributed by atoms with Gasteiger partial charge in [-0.2, -0.15) is 0 Å². The van der Waals surface area contributed by atoms with Gasteiger partial charge in [-0.05, 0) is 25.3 Å². The highest BCUT2D eigenvalue weighted by molar-refractivity contribution is 4.81. The third-order valence-electron chi connectivity index (χ3n) is 3.51. The molecule has 4 heteroatoms. The van der Waals surface area contributed by atoms with Crippen LogP contribution >= 0.6 is 0 Å². The fourth-order valence-corrected chi connectivity index (χ4v) is 2.51. The Hall–Kier alpha value is -0.160. The number of methoxy groups -OCH3 is 1. The third kappa shape index (κ3) is 4.01. The second-order valence-electron chi connectivity index (χ2n) is 4.37. The normalized spacial score (nSPS) is 20.2. The number of hydrogen-bond acceptors (Lipinski definition) is 4. The Labute approximate surface area is 99.1 Å². The standard InChI is InChI=1S/C12H26N2O2/c1-3-14(6-9-15-2)12(10-13)11-4-7-16-8-5-11/h11-12H,3-10,13H2,1-2H3.